The number of fused-ring (bicyclic) bond motifs is 2. The lowest BCUT2D eigenvalue weighted by Crippen LogP contribution is -2.45. The first-order chi connectivity index (χ1) is 18.5. The Morgan fingerprint density at radius 2 is 1.92 bits per heavy atom. The van der Waals surface area contributed by atoms with E-state index in [1.807, 2.05) is 30.0 Å². The molecule has 38 heavy (non-hydrogen) atoms. The van der Waals surface area contributed by atoms with Crippen LogP contribution in [0.4, 0.5) is 5.69 Å². The minimum absolute atomic E-state index is 0.00411. The maximum atomic E-state index is 13.2. The van der Waals surface area contributed by atoms with E-state index in [9.17, 15) is 14.4 Å². The summed E-state index contributed by atoms with van der Waals surface area (Å²) in [6.45, 7) is 5.37. The Morgan fingerprint density at radius 1 is 1.11 bits per heavy atom. The van der Waals surface area contributed by atoms with E-state index in [-0.39, 0.29) is 36.4 Å². The molecule has 9 heteroatoms. The Labute approximate surface area is 225 Å². The van der Waals surface area contributed by atoms with Gasteiger partial charge in [0.2, 0.25) is 17.8 Å². The van der Waals surface area contributed by atoms with Gasteiger partial charge >= 0.3 is 5.97 Å². The molecule has 1 N–H and O–H groups in total. The molecule has 208 valence electrons. The minimum atomic E-state index is -0.305. The van der Waals surface area contributed by atoms with Crippen molar-refractivity contribution in [3.8, 4) is 5.75 Å². The molecule has 2 heterocycles. The summed E-state index contributed by atoms with van der Waals surface area (Å²) in [6.07, 6.45) is 10.4. The van der Waals surface area contributed by atoms with Crippen LogP contribution in [-0.2, 0) is 19.1 Å². The molecule has 1 unspecified atom stereocenters. The van der Waals surface area contributed by atoms with E-state index < -0.39 is 0 Å². The largest absolute Gasteiger partial charge is 0.494 e. The van der Waals surface area contributed by atoms with Crippen LogP contribution in [0.5, 0.6) is 5.75 Å². The second-order valence-corrected chi connectivity index (χ2v) is 10.6. The number of rotatable bonds is 13. The summed E-state index contributed by atoms with van der Waals surface area (Å²) in [6, 6.07) is 5.87. The van der Waals surface area contributed by atoms with Crippen molar-refractivity contribution < 1.29 is 23.9 Å². The number of carbonyl (C=O) groups excluding carboxylic acids is 3. The fourth-order valence-electron chi connectivity index (χ4n) is 5.49. The van der Waals surface area contributed by atoms with Crippen LogP contribution >= 0.6 is 0 Å². The average Bonchev–Trinajstić information content (AvgIpc) is 3.30. The Kier molecular flexibility index (Phi) is 10.0. The highest BCUT2D eigenvalue weighted by Gasteiger charge is 2.34. The van der Waals surface area contributed by atoms with E-state index in [0.717, 1.165) is 68.4 Å². The van der Waals surface area contributed by atoms with Gasteiger partial charge in [-0.3, -0.25) is 19.7 Å². The zero-order valence-corrected chi connectivity index (χ0v) is 22.9. The van der Waals surface area contributed by atoms with Crippen molar-refractivity contribution in [3.05, 3.63) is 23.8 Å². The number of hydrogen-bond acceptors (Lipinski definition) is 7. The van der Waals surface area contributed by atoms with E-state index in [2.05, 4.69) is 17.2 Å². The van der Waals surface area contributed by atoms with Gasteiger partial charge in [0.1, 0.15) is 18.8 Å². The highest BCUT2D eigenvalue weighted by molar-refractivity contribution is 6.06. The molecule has 1 aromatic rings. The number of amides is 2. The monoisotopic (exact) mass is 526 g/mol. The van der Waals surface area contributed by atoms with Crippen LogP contribution in [0, 0.1) is 0 Å². The highest BCUT2D eigenvalue weighted by Crippen LogP contribution is 2.37. The van der Waals surface area contributed by atoms with Crippen molar-refractivity contribution in [2.24, 2.45) is 4.99 Å². The SMILES string of the molecule is CCCCCCOC(=O)CN(C(=O)CCCOc1ccc2c(c1)C(C)N1CC(=O)NC1=N2)C1CCCCC1. The third kappa shape index (κ3) is 7.26. The fourth-order valence-corrected chi connectivity index (χ4v) is 5.49. The third-order valence-corrected chi connectivity index (χ3v) is 7.68. The predicted molar refractivity (Wildman–Crippen MR) is 145 cm³/mol. The molecule has 1 aliphatic carbocycles. The molecule has 0 aromatic heterocycles. The van der Waals surface area contributed by atoms with E-state index in [1.54, 1.807) is 4.90 Å². The van der Waals surface area contributed by atoms with Crippen LogP contribution in [0.3, 0.4) is 0 Å². The first-order valence-corrected chi connectivity index (χ1v) is 14.3. The Bertz CT molecular complexity index is 1020. The number of unbranched alkanes of at least 4 members (excludes halogenated alkanes) is 3. The van der Waals surface area contributed by atoms with Gasteiger partial charge in [0.15, 0.2) is 0 Å². The number of benzene rings is 1. The van der Waals surface area contributed by atoms with E-state index in [1.165, 1.54) is 6.42 Å². The Balaban J connectivity index is 1.26. The second-order valence-electron chi connectivity index (χ2n) is 10.6. The number of nitrogens with one attached hydrogen (secondary N) is 1. The van der Waals surface area contributed by atoms with Gasteiger partial charge in [0.25, 0.3) is 0 Å². The Morgan fingerprint density at radius 3 is 2.71 bits per heavy atom. The van der Waals surface area contributed by atoms with Crippen LogP contribution in [0.15, 0.2) is 23.2 Å². The molecular formula is C29H42N4O5. The molecule has 1 atom stereocenters. The fraction of sp³-hybridized carbons (Fsp3) is 0.655. The molecule has 1 saturated heterocycles. The van der Waals surface area contributed by atoms with Gasteiger partial charge in [0.05, 0.1) is 24.9 Å². The summed E-state index contributed by atoms with van der Waals surface area (Å²) < 4.78 is 11.4. The normalized spacial score (nSPS) is 18.8. The van der Waals surface area contributed by atoms with Gasteiger partial charge in [-0.2, -0.15) is 0 Å². The summed E-state index contributed by atoms with van der Waals surface area (Å²) >= 11 is 0. The molecule has 2 amide bonds. The number of ether oxygens (including phenoxy) is 2. The summed E-state index contributed by atoms with van der Waals surface area (Å²) in [5.74, 6) is 0.962. The second kappa shape index (κ2) is 13.6. The maximum Gasteiger partial charge on any atom is 0.325 e. The maximum absolute atomic E-state index is 13.2. The molecular weight excluding hydrogens is 484 g/mol. The standard InChI is InChI=1S/C29H42N4O5/c1-3-4-5-9-16-38-28(36)20-33(22-11-7-6-8-12-22)27(35)13-10-17-37-23-14-15-25-24(18-23)21(2)32-19-26(34)31-29(32)30-25/h14-15,18,21-22H,3-13,16-17,19-20H2,1-2H3,(H,30,31,34). The number of hydrogen-bond donors (Lipinski definition) is 1. The van der Waals surface area contributed by atoms with E-state index >= 15 is 0 Å². The summed E-state index contributed by atoms with van der Waals surface area (Å²) in [5, 5.41) is 2.80. The van der Waals surface area contributed by atoms with Crippen molar-refractivity contribution in [2.75, 3.05) is 26.3 Å². The molecule has 9 nitrogen and oxygen atoms in total. The number of guanidine groups is 1. The van der Waals surface area contributed by atoms with Crippen molar-refractivity contribution in [2.45, 2.75) is 96.6 Å². The number of carbonyl (C=O) groups is 3. The van der Waals surface area contributed by atoms with Crippen LogP contribution in [0.25, 0.3) is 0 Å². The summed E-state index contributed by atoms with van der Waals surface area (Å²) in [7, 11) is 0. The molecule has 0 spiro atoms. The molecule has 4 rings (SSSR count). The van der Waals surface area contributed by atoms with Crippen LogP contribution in [0.2, 0.25) is 0 Å². The van der Waals surface area contributed by atoms with Gasteiger partial charge in [0, 0.05) is 18.0 Å². The van der Waals surface area contributed by atoms with Gasteiger partial charge in [-0.1, -0.05) is 45.4 Å². The molecule has 0 bridgehead atoms. The molecule has 3 aliphatic rings. The van der Waals surface area contributed by atoms with Crippen LogP contribution in [0.1, 0.15) is 96.1 Å². The van der Waals surface area contributed by atoms with Gasteiger partial charge in [-0.25, -0.2) is 4.99 Å². The summed E-state index contributed by atoms with van der Waals surface area (Å²) in [5.41, 5.74) is 1.84. The zero-order valence-electron chi connectivity index (χ0n) is 22.9. The predicted octanol–water partition coefficient (Wildman–Crippen LogP) is 4.62. The first kappa shape index (κ1) is 27.9. The first-order valence-electron chi connectivity index (χ1n) is 14.3. The number of esters is 1. The average molecular weight is 527 g/mol. The highest BCUT2D eigenvalue weighted by atomic mass is 16.5. The number of aliphatic imine (C=N–C) groups is 1. The molecule has 1 aromatic carbocycles. The van der Waals surface area contributed by atoms with Crippen molar-refractivity contribution in [1.82, 2.24) is 15.1 Å². The van der Waals surface area contributed by atoms with E-state index in [4.69, 9.17) is 9.47 Å². The van der Waals surface area contributed by atoms with Crippen molar-refractivity contribution in [3.63, 3.8) is 0 Å². The number of nitrogens with zero attached hydrogens (tertiary/aromatic N) is 3. The van der Waals surface area contributed by atoms with Gasteiger partial charge in [-0.15, -0.1) is 0 Å². The third-order valence-electron chi connectivity index (χ3n) is 7.68. The lowest BCUT2D eigenvalue weighted by Gasteiger charge is -2.33. The van der Waals surface area contributed by atoms with Crippen LogP contribution in [-0.4, -0.2) is 65.9 Å². The van der Waals surface area contributed by atoms with Gasteiger partial charge in [-0.05, 0) is 50.8 Å². The van der Waals surface area contributed by atoms with Crippen molar-refractivity contribution in [1.29, 1.82) is 0 Å². The van der Waals surface area contributed by atoms with Crippen molar-refractivity contribution >= 4 is 29.4 Å². The quantitative estimate of drug-likeness (QED) is 0.297. The zero-order chi connectivity index (χ0) is 26.9. The Hall–Kier alpha value is -3.10. The topological polar surface area (TPSA) is 101 Å². The lowest BCUT2D eigenvalue weighted by atomic mass is 9.94. The van der Waals surface area contributed by atoms with E-state index in [0.29, 0.717) is 38.6 Å². The molecule has 2 aliphatic heterocycles. The smallest absolute Gasteiger partial charge is 0.325 e. The van der Waals surface area contributed by atoms with Crippen LogP contribution < -0.4 is 10.1 Å². The summed E-state index contributed by atoms with van der Waals surface area (Å²) in [4.78, 5) is 45.7. The molecule has 0 radical (unpaired) electrons. The van der Waals surface area contributed by atoms with Gasteiger partial charge < -0.3 is 19.3 Å². The lowest BCUT2D eigenvalue weighted by molar-refractivity contribution is -0.151. The molecule has 2 fully saturated rings. The molecule has 1 saturated carbocycles. The minimum Gasteiger partial charge on any atom is -0.494 e.